The van der Waals surface area contributed by atoms with Crippen LogP contribution in [0.3, 0.4) is 0 Å². The van der Waals surface area contributed by atoms with Crippen LogP contribution in [0.1, 0.15) is 5.56 Å². The van der Waals surface area contributed by atoms with E-state index in [1.807, 2.05) is 36.4 Å². The van der Waals surface area contributed by atoms with Crippen molar-refractivity contribution in [3.05, 3.63) is 54.3 Å². The monoisotopic (exact) mass is 210 g/mol. The second-order valence-corrected chi connectivity index (χ2v) is 3.66. The molecular formula is C14H10O2. The van der Waals surface area contributed by atoms with E-state index in [4.69, 9.17) is 4.74 Å². The fourth-order valence-corrected chi connectivity index (χ4v) is 1.94. The minimum atomic E-state index is 0.244. The van der Waals surface area contributed by atoms with Gasteiger partial charge in [-0.2, -0.15) is 0 Å². The van der Waals surface area contributed by atoms with Gasteiger partial charge in [-0.3, -0.25) is 0 Å². The van der Waals surface area contributed by atoms with Gasteiger partial charge in [-0.1, -0.05) is 30.3 Å². The summed E-state index contributed by atoms with van der Waals surface area (Å²) in [7, 11) is 0. The first-order valence-corrected chi connectivity index (χ1v) is 5.11. The molecule has 0 spiro atoms. The largest absolute Gasteiger partial charge is 0.507 e. The Hall–Kier alpha value is -2.22. The van der Waals surface area contributed by atoms with Crippen LogP contribution < -0.4 is 4.74 Å². The Morgan fingerprint density at radius 1 is 0.938 bits per heavy atom. The maximum Gasteiger partial charge on any atom is 0.138 e. The zero-order valence-electron chi connectivity index (χ0n) is 8.55. The summed E-state index contributed by atoms with van der Waals surface area (Å²) in [5, 5.41) is 9.92. The molecule has 0 saturated carbocycles. The van der Waals surface area contributed by atoms with E-state index >= 15 is 0 Å². The average Bonchev–Trinajstić information content (AvgIpc) is 2.49. The summed E-state index contributed by atoms with van der Waals surface area (Å²) in [4.78, 5) is 0. The minimum Gasteiger partial charge on any atom is -0.507 e. The zero-order chi connectivity index (χ0) is 11.0. The molecule has 1 heterocycles. The number of hydrogen-bond donors (Lipinski definition) is 1. The average molecular weight is 210 g/mol. The Morgan fingerprint density at radius 2 is 1.81 bits per heavy atom. The first-order valence-electron chi connectivity index (χ1n) is 5.11. The summed E-state index contributed by atoms with van der Waals surface area (Å²) in [6, 6.07) is 13.2. The van der Waals surface area contributed by atoms with E-state index < -0.39 is 0 Å². The standard InChI is InChI=1S/C14H10O2/c15-12-6-3-7-13-14(12)11-5-2-1-4-10(11)8-9-16-13/h1-9,15H. The Kier molecular flexibility index (Phi) is 1.93. The third-order valence-corrected chi connectivity index (χ3v) is 2.68. The van der Waals surface area contributed by atoms with Gasteiger partial charge in [0, 0.05) is 0 Å². The molecule has 0 saturated heterocycles. The van der Waals surface area contributed by atoms with Crippen molar-refractivity contribution >= 4 is 6.08 Å². The van der Waals surface area contributed by atoms with E-state index in [1.165, 1.54) is 0 Å². The Balaban J connectivity index is 2.37. The maximum absolute atomic E-state index is 9.92. The molecule has 2 nitrogen and oxygen atoms in total. The zero-order valence-corrected chi connectivity index (χ0v) is 8.55. The van der Waals surface area contributed by atoms with Crippen LogP contribution in [-0.2, 0) is 0 Å². The summed E-state index contributed by atoms with van der Waals surface area (Å²) < 4.78 is 5.47. The highest BCUT2D eigenvalue weighted by atomic mass is 16.5. The van der Waals surface area contributed by atoms with E-state index in [-0.39, 0.29) is 5.75 Å². The van der Waals surface area contributed by atoms with E-state index in [9.17, 15) is 5.11 Å². The number of phenolic OH excluding ortho intramolecular Hbond substituents is 1. The van der Waals surface area contributed by atoms with Crippen molar-refractivity contribution in [3.63, 3.8) is 0 Å². The summed E-state index contributed by atoms with van der Waals surface area (Å²) in [5.41, 5.74) is 2.79. The molecule has 0 aliphatic carbocycles. The van der Waals surface area contributed by atoms with Gasteiger partial charge in [-0.25, -0.2) is 0 Å². The molecule has 3 rings (SSSR count). The molecule has 0 atom stereocenters. The van der Waals surface area contributed by atoms with E-state index in [0.717, 1.165) is 16.7 Å². The summed E-state index contributed by atoms with van der Waals surface area (Å²) in [6.07, 6.45) is 3.54. The van der Waals surface area contributed by atoms with Crippen LogP contribution in [0.2, 0.25) is 0 Å². The molecule has 2 aromatic rings. The minimum absolute atomic E-state index is 0.244. The van der Waals surface area contributed by atoms with Gasteiger partial charge in [0.1, 0.15) is 11.5 Å². The van der Waals surface area contributed by atoms with Crippen LogP contribution in [-0.4, -0.2) is 5.11 Å². The Morgan fingerprint density at radius 3 is 2.75 bits per heavy atom. The Labute approximate surface area is 93.4 Å². The first kappa shape index (κ1) is 9.04. The smallest absolute Gasteiger partial charge is 0.138 e. The highest BCUT2D eigenvalue weighted by Gasteiger charge is 2.15. The van der Waals surface area contributed by atoms with Crippen molar-refractivity contribution in [1.29, 1.82) is 0 Å². The molecule has 0 bridgehead atoms. The number of aromatic hydroxyl groups is 1. The number of ether oxygens (including phenoxy) is 1. The fourth-order valence-electron chi connectivity index (χ4n) is 1.94. The molecule has 0 amide bonds. The normalized spacial score (nSPS) is 12.2. The Bertz CT molecular complexity index is 571. The summed E-state index contributed by atoms with van der Waals surface area (Å²) in [6.45, 7) is 0. The predicted octanol–water partition coefficient (Wildman–Crippen LogP) is 3.42. The van der Waals surface area contributed by atoms with Crippen molar-refractivity contribution in [2.75, 3.05) is 0 Å². The number of fused-ring (bicyclic) bond motifs is 3. The van der Waals surface area contributed by atoms with E-state index in [1.54, 1.807) is 18.4 Å². The van der Waals surface area contributed by atoms with E-state index in [2.05, 4.69) is 0 Å². The van der Waals surface area contributed by atoms with Crippen LogP contribution in [0.5, 0.6) is 11.5 Å². The van der Waals surface area contributed by atoms with Gasteiger partial charge in [0.25, 0.3) is 0 Å². The molecule has 1 aliphatic rings. The highest BCUT2D eigenvalue weighted by molar-refractivity contribution is 5.84. The molecule has 1 aliphatic heterocycles. The van der Waals surface area contributed by atoms with Gasteiger partial charge in [0.2, 0.25) is 0 Å². The lowest BCUT2D eigenvalue weighted by Crippen LogP contribution is -1.85. The molecular weight excluding hydrogens is 200 g/mol. The molecule has 16 heavy (non-hydrogen) atoms. The van der Waals surface area contributed by atoms with Gasteiger partial charge in [0.05, 0.1) is 11.8 Å². The number of rotatable bonds is 0. The second-order valence-electron chi connectivity index (χ2n) is 3.66. The summed E-state index contributed by atoms with van der Waals surface area (Å²) in [5.74, 6) is 0.926. The molecule has 0 unspecified atom stereocenters. The van der Waals surface area contributed by atoms with Crippen LogP contribution in [0.15, 0.2) is 48.7 Å². The lowest BCUT2D eigenvalue weighted by atomic mass is 9.98. The van der Waals surface area contributed by atoms with Gasteiger partial charge < -0.3 is 9.84 Å². The SMILES string of the molecule is Oc1cccc2c1-c1ccccc1C=CO2. The molecule has 1 N–H and O–H groups in total. The van der Waals surface area contributed by atoms with Crippen molar-refractivity contribution in [2.45, 2.75) is 0 Å². The predicted molar refractivity (Wildman–Crippen MR) is 63.2 cm³/mol. The molecule has 2 heteroatoms. The van der Waals surface area contributed by atoms with Crippen molar-refractivity contribution in [2.24, 2.45) is 0 Å². The number of phenols is 1. The van der Waals surface area contributed by atoms with Gasteiger partial charge in [0.15, 0.2) is 0 Å². The topological polar surface area (TPSA) is 29.5 Å². The quantitative estimate of drug-likeness (QED) is 0.721. The molecule has 0 fully saturated rings. The third kappa shape index (κ3) is 1.27. The van der Waals surface area contributed by atoms with Gasteiger partial charge >= 0.3 is 0 Å². The number of benzene rings is 2. The maximum atomic E-state index is 9.92. The van der Waals surface area contributed by atoms with Crippen molar-refractivity contribution in [1.82, 2.24) is 0 Å². The summed E-state index contributed by atoms with van der Waals surface area (Å²) >= 11 is 0. The third-order valence-electron chi connectivity index (χ3n) is 2.68. The number of hydrogen-bond acceptors (Lipinski definition) is 2. The highest BCUT2D eigenvalue weighted by Crippen LogP contribution is 2.41. The fraction of sp³-hybridized carbons (Fsp3) is 0. The van der Waals surface area contributed by atoms with Gasteiger partial charge in [-0.15, -0.1) is 0 Å². The van der Waals surface area contributed by atoms with Crippen LogP contribution in [0.25, 0.3) is 17.2 Å². The molecule has 0 aromatic heterocycles. The van der Waals surface area contributed by atoms with Crippen LogP contribution in [0.4, 0.5) is 0 Å². The van der Waals surface area contributed by atoms with Crippen LogP contribution >= 0.6 is 0 Å². The second kappa shape index (κ2) is 3.42. The van der Waals surface area contributed by atoms with Crippen LogP contribution in [0, 0.1) is 0 Å². The lowest BCUT2D eigenvalue weighted by Gasteiger charge is -2.09. The van der Waals surface area contributed by atoms with Gasteiger partial charge in [-0.05, 0) is 29.3 Å². The molecule has 78 valence electrons. The van der Waals surface area contributed by atoms with Crippen molar-refractivity contribution in [3.8, 4) is 22.6 Å². The molecule has 2 aromatic carbocycles. The first-order chi connectivity index (χ1) is 7.86. The van der Waals surface area contributed by atoms with E-state index in [0.29, 0.717) is 5.75 Å². The lowest BCUT2D eigenvalue weighted by molar-refractivity contribution is 0.460. The molecule has 0 radical (unpaired) electrons. The van der Waals surface area contributed by atoms with Crippen molar-refractivity contribution < 1.29 is 9.84 Å².